The first kappa shape index (κ1) is 28.6. The molecule has 0 aliphatic heterocycles. The first-order valence-electron chi connectivity index (χ1n) is 15.1. The van der Waals surface area contributed by atoms with Crippen LogP contribution in [0.25, 0.3) is 0 Å². The second-order valence-electron chi connectivity index (χ2n) is 11.2. The van der Waals surface area contributed by atoms with Crippen LogP contribution in [0.4, 0.5) is 0 Å². The summed E-state index contributed by atoms with van der Waals surface area (Å²) in [7, 11) is -0.657. The summed E-state index contributed by atoms with van der Waals surface area (Å²) >= 11 is 0. The third-order valence-corrected chi connectivity index (χ3v) is 10.7. The van der Waals surface area contributed by atoms with Gasteiger partial charge >= 0.3 is 0 Å². The number of imidazole rings is 1. The lowest BCUT2D eigenvalue weighted by Gasteiger charge is -2.36. The molecule has 0 saturated heterocycles. The molecule has 6 rings (SSSR count). The zero-order chi connectivity index (χ0) is 28.3. The molecule has 41 heavy (non-hydrogen) atoms. The van der Waals surface area contributed by atoms with Gasteiger partial charge in [-0.05, 0) is 17.0 Å². The van der Waals surface area contributed by atoms with E-state index in [0.29, 0.717) is 12.6 Å². The second-order valence-corrected chi connectivity index (χ2v) is 13.1. The maximum Gasteiger partial charge on any atom is 0.212 e. The van der Waals surface area contributed by atoms with Crippen LogP contribution in [0.3, 0.4) is 0 Å². The summed E-state index contributed by atoms with van der Waals surface area (Å²) in [6.07, 6.45) is 12.3. The first-order valence-corrected chi connectivity index (χ1v) is 16.6. The molecule has 0 radical (unpaired) electrons. The Morgan fingerprint density at radius 2 is 1.29 bits per heavy atom. The Morgan fingerprint density at radius 3 is 1.71 bits per heavy atom. The van der Waals surface area contributed by atoms with Gasteiger partial charge in [-0.15, -0.1) is 5.70 Å². The van der Waals surface area contributed by atoms with Crippen LogP contribution in [0, 0.1) is 5.92 Å². The summed E-state index contributed by atoms with van der Waals surface area (Å²) in [5.74, 6) is 1.49. The fourth-order valence-electron chi connectivity index (χ4n) is 5.81. The van der Waals surface area contributed by atoms with Crippen molar-refractivity contribution in [2.45, 2.75) is 44.1 Å². The summed E-state index contributed by atoms with van der Waals surface area (Å²) in [4.78, 5) is 4.36. The molecule has 4 heteroatoms. The number of rotatable bonds is 10. The summed E-state index contributed by atoms with van der Waals surface area (Å²) in [6, 6.07) is 43.5. The van der Waals surface area contributed by atoms with Gasteiger partial charge in [-0.2, -0.15) is 0 Å². The third kappa shape index (κ3) is 7.07. The van der Waals surface area contributed by atoms with Crippen LogP contribution in [0.2, 0.25) is 5.82 Å². The van der Waals surface area contributed by atoms with Gasteiger partial charge in [0.25, 0.3) is 0 Å². The van der Waals surface area contributed by atoms with E-state index in [1.807, 2.05) is 12.5 Å². The van der Waals surface area contributed by atoms with Crippen molar-refractivity contribution >= 4 is 27.2 Å². The van der Waals surface area contributed by atoms with Crippen LogP contribution in [-0.2, 0) is 5.16 Å². The van der Waals surface area contributed by atoms with E-state index >= 15 is 0 Å². The molecule has 1 heterocycles. The molecule has 1 atom stereocenters. The van der Waals surface area contributed by atoms with Crippen LogP contribution in [0.15, 0.2) is 152 Å². The van der Waals surface area contributed by atoms with Crippen molar-refractivity contribution < 1.29 is 0 Å². The molecule has 1 fully saturated rings. The average Bonchev–Trinajstić information content (AvgIpc) is 3.72. The Labute approximate surface area is 249 Å². The summed E-state index contributed by atoms with van der Waals surface area (Å²) < 4.78 is 2.30. The highest BCUT2D eigenvalue weighted by molar-refractivity contribution is 6.86. The Morgan fingerprint density at radius 1 is 0.805 bits per heavy atom. The van der Waals surface area contributed by atoms with Crippen molar-refractivity contribution in [3.05, 3.63) is 163 Å². The van der Waals surface area contributed by atoms with E-state index in [1.54, 1.807) is 0 Å². The molecule has 2 nitrogen and oxygen atoms in total. The number of nitrogens with zero attached hydrogens (tertiary/aromatic N) is 2. The standard InChI is InChI=1S/C22H26N2Si.C15H15B/c1-3-19(2)14-17-25-22(24-16-15-23-18-24,20-10-6-4-7-11-20)21-12-8-5-9-13-21;1-3-7-13(8-4-1)16(15-11-12-15)14-9-5-2-6-10-14/h4-19H,3,25H2,1-2H3;1-10,15H,11-12H2. The Kier molecular flexibility index (Phi) is 9.88. The average molecular weight is 553 g/mol. The van der Waals surface area contributed by atoms with Gasteiger partial charge < -0.3 is 4.57 Å². The summed E-state index contributed by atoms with van der Waals surface area (Å²) in [6.45, 7) is 5.14. The van der Waals surface area contributed by atoms with Gasteiger partial charge in [-0.3, -0.25) is 0 Å². The molecule has 1 aromatic heterocycles. The van der Waals surface area contributed by atoms with E-state index in [9.17, 15) is 0 Å². The van der Waals surface area contributed by atoms with E-state index in [-0.39, 0.29) is 5.16 Å². The van der Waals surface area contributed by atoms with Crippen molar-refractivity contribution in [2.24, 2.45) is 5.92 Å². The molecular weight excluding hydrogens is 511 g/mol. The largest absolute Gasteiger partial charge is 0.326 e. The van der Waals surface area contributed by atoms with Crippen molar-refractivity contribution in [2.75, 3.05) is 0 Å². The first-order chi connectivity index (χ1) is 20.2. The lowest BCUT2D eigenvalue weighted by atomic mass is 9.37. The number of hydrogen-bond donors (Lipinski definition) is 0. The fourth-order valence-corrected chi connectivity index (χ4v) is 8.10. The quantitative estimate of drug-likeness (QED) is 0.174. The highest BCUT2D eigenvalue weighted by atomic mass is 28.2. The van der Waals surface area contributed by atoms with Gasteiger partial charge in [-0.1, -0.05) is 177 Å². The molecule has 206 valence electrons. The SMILES string of the molecule is CCC(C)C=C[SiH2]C(c1ccccc1)(c1ccccc1)n1ccnc1.c1ccc(B(c2ccccc2)C2CC2)cc1. The lowest BCUT2D eigenvalue weighted by molar-refractivity contribution is 0.595. The summed E-state index contributed by atoms with van der Waals surface area (Å²) in [5.41, 5.74) is 8.07. The predicted octanol–water partition coefficient (Wildman–Crippen LogP) is 6.82. The Hall–Kier alpha value is -3.89. The van der Waals surface area contributed by atoms with E-state index in [2.05, 4.69) is 163 Å². The lowest BCUT2D eigenvalue weighted by Crippen LogP contribution is -2.42. The minimum atomic E-state index is -0.657. The van der Waals surface area contributed by atoms with E-state index in [0.717, 1.165) is 5.82 Å². The maximum atomic E-state index is 4.36. The van der Waals surface area contributed by atoms with Gasteiger partial charge in [0.05, 0.1) is 21.0 Å². The van der Waals surface area contributed by atoms with Crippen molar-refractivity contribution in [3.8, 4) is 0 Å². The van der Waals surface area contributed by atoms with Gasteiger partial charge in [0.2, 0.25) is 6.71 Å². The van der Waals surface area contributed by atoms with Crippen LogP contribution in [-0.4, -0.2) is 25.8 Å². The van der Waals surface area contributed by atoms with Gasteiger partial charge in [0, 0.05) is 12.4 Å². The van der Waals surface area contributed by atoms with Gasteiger partial charge in [0.15, 0.2) is 0 Å². The molecule has 0 spiro atoms. The maximum absolute atomic E-state index is 4.36. The predicted molar refractivity (Wildman–Crippen MR) is 179 cm³/mol. The zero-order valence-corrected chi connectivity index (χ0v) is 25.8. The van der Waals surface area contributed by atoms with Crippen molar-refractivity contribution in [3.63, 3.8) is 0 Å². The molecule has 5 aromatic rings. The molecule has 1 saturated carbocycles. The number of aromatic nitrogens is 2. The molecule has 4 aromatic carbocycles. The van der Waals surface area contributed by atoms with Crippen molar-refractivity contribution in [1.82, 2.24) is 9.55 Å². The van der Waals surface area contributed by atoms with E-state index in [1.165, 1.54) is 41.3 Å². The smallest absolute Gasteiger partial charge is 0.212 e. The fraction of sp³-hybridized carbons (Fsp3) is 0.216. The van der Waals surface area contributed by atoms with E-state index < -0.39 is 9.52 Å². The monoisotopic (exact) mass is 552 g/mol. The van der Waals surface area contributed by atoms with E-state index in [4.69, 9.17) is 0 Å². The number of benzene rings is 4. The molecule has 0 N–H and O–H groups in total. The van der Waals surface area contributed by atoms with Crippen LogP contribution in [0.1, 0.15) is 44.2 Å². The second kappa shape index (κ2) is 14.1. The molecule has 0 amide bonds. The highest BCUT2D eigenvalue weighted by Crippen LogP contribution is 2.38. The Bertz CT molecular complexity index is 1370. The highest BCUT2D eigenvalue weighted by Gasteiger charge is 2.36. The van der Waals surface area contributed by atoms with Crippen LogP contribution in [0.5, 0.6) is 0 Å². The molecule has 0 bridgehead atoms. The van der Waals surface area contributed by atoms with Gasteiger partial charge in [0.1, 0.15) is 0 Å². The van der Waals surface area contributed by atoms with Crippen LogP contribution < -0.4 is 10.9 Å². The minimum absolute atomic E-state index is 0.150. The zero-order valence-electron chi connectivity index (χ0n) is 24.4. The molecular formula is C37H41BN2Si. The van der Waals surface area contributed by atoms with Crippen molar-refractivity contribution in [1.29, 1.82) is 0 Å². The normalized spacial score (nSPS) is 14.1. The topological polar surface area (TPSA) is 17.8 Å². The molecule has 1 aliphatic carbocycles. The van der Waals surface area contributed by atoms with Crippen LogP contribution >= 0.6 is 0 Å². The molecule has 1 aliphatic rings. The summed E-state index contributed by atoms with van der Waals surface area (Å²) in [5, 5.41) is -0.150. The number of allylic oxidation sites excluding steroid dienone is 1. The minimum Gasteiger partial charge on any atom is -0.326 e. The Balaban J connectivity index is 0.000000181. The molecule has 1 unspecified atom stereocenters. The third-order valence-electron chi connectivity index (χ3n) is 8.38. The van der Waals surface area contributed by atoms with Gasteiger partial charge in [-0.25, -0.2) is 4.98 Å². The number of hydrogen-bond acceptors (Lipinski definition) is 1.